The summed E-state index contributed by atoms with van der Waals surface area (Å²) >= 11 is 0. The van der Waals surface area contributed by atoms with E-state index in [9.17, 15) is 0 Å². The van der Waals surface area contributed by atoms with Gasteiger partial charge in [0.1, 0.15) is 0 Å². The van der Waals surface area contributed by atoms with Crippen molar-refractivity contribution in [1.82, 2.24) is 9.13 Å². The SMILES string of the molecule is c1ccc(-c2cccc3c2Cc2c(-c4ccccc4)cc(-n4c5ccccc5c5c6c7ccccc7n(-c7ccccc7)c6ccc54)cc2-3)cc1. The second kappa shape index (κ2) is 10.9. The van der Waals surface area contributed by atoms with Crippen LogP contribution in [0.4, 0.5) is 0 Å². The highest BCUT2D eigenvalue weighted by molar-refractivity contribution is 6.29. The third-order valence-electron chi connectivity index (χ3n) is 11.0. The second-order valence-electron chi connectivity index (χ2n) is 13.7. The summed E-state index contributed by atoms with van der Waals surface area (Å²) in [6, 6.07) is 66.7. The normalized spacial score (nSPS) is 12.2. The van der Waals surface area contributed by atoms with E-state index in [1.54, 1.807) is 0 Å². The lowest BCUT2D eigenvalue weighted by atomic mass is 9.94. The Hall–Kier alpha value is -6.64. The molecule has 0 saturated carbocycles. The van der Waals surface area contributed by atoms with E-state index in [1.807, 2.05) is 0 Å². The van der Waals surface area contributed by atoms with Gasteiger partial charge in [-0.3, -0.25) is 0 Å². The number of nitrogens with zero attached hydrogens (tertiary/aromatic N) is 2. The van der Waals surface area contributed by atoms with Crippen molar-refractivity contribution < 1.29 is 0 Å². The van der Waals surface area contributed by atoms with Gasteiger partial charge in [0.05, 0.1) is 22.1 Å². The molecular weight excluding hydrogens is 617 g/mol. The molecule has 0 N–H and O–H groups in total. The summed E-state index contributed by atoms with van der Waals surface area (Å²) in [6.45, 7) is 0. The Labute approximate surface area is 296 Å². The first-order chi connectivity index (χ1) is 25.3. The molecule has 1 aliphatic rings. The van der Waals surface area contributed by atoms with Crippen LogP contribution in [0, 0.1) is 0 Å². The zero-order valence-corrected chi connectivity index (χ0v) is 27.9. The molecule has 0 atom stereocenters. The topological polar surface area (TPSA) is 9.86 Å². The van der Waals surface area contributed by atoms with Gasteiger partial charge in [-0.2, -0.15) is 0 Å². The summed E-state index contributed by atoms with van der Waals surface area (Å²) in [5, 5.41) is 5.13. The molecule has 51 heavy (non-hydrogen) atoms. The molecule has 0 spiro atoms. The van der Waals surface area contributed by atoms with Gasteiger partial charge in [-0.15, -0.1) is 0 Å². The van der Waals surface area contributed by atoms with Crippen molar-refractivity contribution in [3.05, 3.63) is 193 Å². The summed E-state index contributed by atoms with van der Waals surface area (Å²) < 4.78 is 4.92. The molecule has 238 valence electrons. The first kappa shape index (κ1) is 28.2. The second-order valence-corrected chi connectivity index (χ2v) is 13.7. The minimum absolute atomic E-state index is 0.910. The third kappa shape index (κ3) is 4.11. The predicted molar refractivity (Wildman–Crippen MR) is 214 cm³/mol. The van der Waals surface area contributed by atoms with E-state index in [-0.39, 0.29) is 0 Å². The van der Waals surface area contributed by atoms with Crippen LogP contribution in [0.25, 0.3) is 88.4 Å². The third-order valence-corrected chi connectivity index (χ3v) is 11.0. The summed E-state index contributed by atoms with van der Waals surface area (Å²) in [5.41, 5.74) is 17.8. The average Bonchev–Trinajstić information content (AvgIpc) is 3.86. The predicted octanol–water partition coefficient (Wildman–Crippen LogP) is 12.8. The Bertz CT molecular complexity index is 2970. The van der Waals surface area contributed by atoms with Gasteiger partial charge < -0.3 is 9.13 Å². The van der Waals surface area contributed by atoms with E-state index in [1.165, 1.54) is 99.5 Å². The molecule has 2 heteroatoms. The number of hydrogen-bond acceptors (Lipinski definition) is 0. The van der Waals surface area contributed by atoms with E-state index in [0.717, 1.165) is 6.42 Å². The highest BCUT2D eigenvalue weighted by Gasteiger charge is 2.27. The molecule has 0 amide bonds. The van der Waals surface area contributed by atoms with Crippen molar-refractivity contribution >= 4 is 43.6 Å². The molecule has 2 nitrogen and oxygen atoms in total. The molecule has 1 aliphatic carbocycles. The fraction of sp³-hybridized carbons (Fsp3) is 0.0204. The van der Waals surface area contributed by atoms with Crippen LogP contribution in [0.15, 0.2) is 182 Å². The maximum Gasteiger partial charge on any atom is 0.0548 e. The fourth-order valence-corrected chi connectivity index (χ4v) is 8.84. The average molecular weight is 649 g/mol. The maximum absolute atomic E-state index is 2.50. The molecule has 8 aromatic carbocycles. The summed E-state index contributed by atoms with van der Waals surface area (Å²) in [4.78, 5) is 0. The molecule has 0 fully saturated rings. The van der Waals surface area contributed by atoms with Crippen LogP contribution in [0.3, 0.4) is 0 Å². The zero-order valence-electron chi connectivity index (χ0n) is 27.9. The molecule has 2 heterocycles. The lowest BCUT2D eigenvalue weighted by Gasteiger charge is -2.15. The number of aromatic nitrogens is 2. The van der Waals surface area contributed by atoms with Gasteiger partial charge in [0.25, 0.3) is 0 Å². The quantitative estimate of drug-likeness (QED) is 0.180. The molecule has 0 saturated heterocycles. The largest absolute Gasteiger partial charge is 0.309 e. The standard InChI is InChI=1S/C49H32N2/c1-4-15-32(16-5-1)36-23-14-24-37-41-30-35(29-40(43(41)31-42(36)37)33-17-6-2-7-18-33)51-45-26-13-11-22-39(45)49-47(51)28-27-46-48(49)38-21-10-12-25-44(38)50(46)34-19-8-3-9-20-34/h1-30H,31H2. The van der Waals surface area contributed by atoms with Crippen molar-refractivity contribution in [3.63, 3.8) is 0 Å². The van der Waals surface area contributed by atoms with Gasteiger partial charge in [0.2, 0.25) is 0 Å². The molecule has 0 aliphatic heterocycles. The number of benzene rings is 8. The summed E-state index contributed by atoms with van der Waals surface area (Å²) in [5.74, 6) is 0. The minimum Gasteiger partial charge on any atom is -0.309 e. The lowest BCUT2D eigenvalue weighted by Crippen LogP contribution is -1.98. The minimum atomic E-state index is 0.910. The summed E-state index contributed by atoms with van der Waals surface area (Å²) in [6.07, 6.45) is 0.910. The van der Waals surface area contributed by atoms with Crippen LogP contribution < -0.4 is 0 Å². The summed E-state index contributed by atoms with van der Waals surface area (Å²) in [7, 11) is 0. The van der Waals surface area contributed by atoms with Crippen LogP contribution in [0.1, 0.15) is 11.1 Å². The van der Waals surface area contributed by atoms with Crippen molar-refractivity contribution in [2.45, 2.75) is 6.42 Å². The Morgan fingerprint density at radius 1 is 0.314 bits per heavy atom. The first-order valence-corrected chi connectivity index (χ1v) is 17.7. The number of fused-ring (bicyclic) bond motifs is 10. The van der Waals surface area contributed by atoms with Crippen LogP contribution in [0.5, 0.6) is 0 Å². The molecule has 0 radical (unpaired) electrons. The fourth-order valence-electron chi connectivity index (χ4n) is 8.84. The molecule has 11 rings (SSSR count). The van der Waals surface area contributed by atoms with Crippen molar-refractivity contribution in [2.75, 3.05) is 0 Å². The van der Waals surface area contributed by atoms with Crippen molar-refractivity contribution in [2.24, 2.45) is 0 Å². The highest BCUT2D eigenvalue weighted by atomic mass is 15.0. The van der Waals surface area contributed by atoms with Gasteiger partial charge in [-0.1, -0.05) is 133 Å². The van der Waals surface area contributed by atoms with E-state index in [4.69, 9.17) is 0 Å². The molecule has 2 aromatic heterocycles. The maximum atomic E-state index is 2.50. The Morgan fingerprint density at radius 3 is 1.41 bits per heavy atom. The lowest BCUT2D eigenvalue weighted by molar-refractivity contribution is 1.17. The molecular formula is C49H32N2. The van der Waals surface area contributed by atoms with Gasteiger partial charge in [-0.25, -0.2) is 0 Å². The van der Waals surface area contributed by atoms with Gasteiger partial charge in [-0.05, 0) is 99.5 Å². The number of para-hydroxylation sites is 3. The van der Waals surface area contributed by atoms with Crippen molar-refractivity contribution in [3.8, 4) is 44.8 Å². The monoisotopic (exact) mass is 648 g/mol. The molecule has 0 unspecified atom stereocenters. The van der Waals surface area contributed by atoms with E-state index >= 15 is 0 Å². The van der Waals surface area contributed by atoms with E-state index in [2.05, 4.69) is 191 Å². The van der Waals surface area contributed by atoms with Crippen LogP contribution in [-0.2, 0) is 6.42 Å². The van der Waals surface area contributed by atoms with Crippen LogP contribution in [-0.4, -0.2) is 9.13 Å². The Morgan fingerprint density at radius 2 is 0.784 bits per heavy atom. The van der Waals surface area contributed by atoms with Crippen molar-refractivity contribution in [1.29, 1.82) is 0 Å². The van der Waals surface area contributed by atoms with Crippen LogP contribution in [0.2, 0.25) is 0 Å². The van der Waals surface area contributed by atoms with E-state index < -0.39 is 0 Å². The smallest absolute Gasteiger partial charge is 0.0548 e. The van der Waals surface area contributed by atoms with Gasteiger partial charge in [0.15, 0.2) is 0 Å². The Balaban J connectivity index is 1.23. The number of rotatable bonds is 4. The molecule has 0 bridgehead atoms. The van der Waals surface area contributed by atoms with Crippen LogP contribution >= 0.6 is 0 Å². The zero-order chi connectivity index (χ0) is 33.5. The van der Waals surface area contributed by atoms with Gasteiger partial charge in [0, 0.05) is 32.9 Å². The molecule has 10 aromatic rings. The number of hydrogen-bond donors (Lipinski definition) is 0. The highest BCUT2D eigenvalue weighted by Crippen LogP contribution is 2.48. The van der Waals surface area contributed by atoms with Gasteiger partial charge >= 0.3 is 0 Å². The van der Waals surface area contributed by atoms with E-state index in [0.29, 0.717) is 0 Å². The first-order valence-electron chi connectivity index (χ1n) is 17.7. The Kier molecular flexibility index (Phi) is 6.05.